The number of pyridine rings is 1. The van der Waals surface area contributed by atoms with Crippen molar-refractivity contribution in [3.05, 3.63) is 75.6 Å². The first-order valence-electron chi connectivity index (χ1n) is 16.6. The Hall–Kier alpha value is -4.96. The van der Waals surface area contributed by atoms with E-state index in [1.54, 1.807) is 19.2 Å². The van der Waals surface area contributed by atoms with Crippen LogP contribution >= 0.6 is 0 Å². The molecule has 12 nitrogen and oxygen atoms in total. The molecule has 1 N–H and O–H groups in total. The number of aryl methyl sites for hydroxylation is 1. The van der Waals surface area contributed by atoms with Crippen LogP contribution in [0.4, 0.5) is 17.6 Å². The first kappa shape index (κ1) is 34.5. The fourth-order valence-corrected chi connectivity index (χ4v) is 6.71. The standard InChI is InChI=1S/C35H36F4N8O4/c1-5-46-17-25(35(37,38)39)43-31(46)26-23(36)12-19(13-24(26)50-3)16-47-30-21(14-22(33(47)48)34(49)8-10-45(2)11-9-34)15-40-29(44-30)27-28(20-6-7-20)41-18-42-32(27)51-4/h12-15,17-18,20,49H,5-11,16H2,1-4H3. The molecule has 2 fully saturated rings. The van der Waals surface area contributed by atoms with Crippen LogP contribution in [0, 0.1) is 5.82 Å². The molecule has 0 spiro atoms. The molecule has 0 amide bonds. The van der Waals surface area contributed by atoms with E-state index in [1.165, 1.54) is 35.7 Å². The van der Waals surface area contributed by atoms with Crippen molar-refractivity contribution in [2.45, 2.75) is 63.4 Å². The highest BCUT2D eigenvalue weighted by atomic mass is 19.4. The van der Waals surface area contributed by atoms with Crippen LogP contribution in [0.5, 0.6) is 11.6 Å². The van der Waals surface area contributed by atoms with Gasteiger partial charge in [0.05, 0.1) is 37.6 Å². The number of methoxy groups -OCH3 is 2. The normalized spacial score (nSPS) is 16.5. The highest BCUT2D eigenvalue weighted by Crippen LogP contribution is 2.45. The molecule has 268 valence electrons. The quantitative estimate of drug-likeness (QED) is 0.205. The summed E-state index contributed by atoms with van der Waals surface area (Å²) >= 11 is 0. The van der Waals surface area contributed by atoms with Crippen LogP contribution in [0.15, 0.2) is 41.7 Å². The molecule has 1 saturated heterocycles. The van der Waals surface area contributed by atoms with E-state index >= 15 is 4.39 Å². The lowest BCUT2D eigenvalue weighted by Gasteiger charge is -2.36. The Kier molecular flexibility index (Phi) is 8.78. The predicted octanol–water partition coefficient (Wildman–Crippen LogP) is 5.15. The largest absolute Gasteiger partial charge is 0.496 e. The summed E-state index contributed by atoms with van der Waals surface area (Å²) in [6, 6.07) is 4.20. The molecule has 7 rings (SSSR count). The molecule has 0 radical (unpaired) electrons. The number of rotatable bonds is 9. The van der Waals surface area contributed by atoms with E-state index in [-0.39, 0.29) is 64.6 Å². The Balaban J connectivity index is 1.40. The van der Waals surface area contributed by atoms with Gasteiger partial charge < -0.3 is 24.0 Å². The molecule has 1 aliphatic heterocycles. The van der Waals surface area contributed by atoms with Crippen LogP contribution in [0.3, 0.4) is 0 Å². The smallest absolute Gasteiger partial charge is 0.434 e. The lowest BCUT2D eigenvalue weighted by molar-refractivity contribution is -0.140. The van der Waals surface area contributed by atoms with Gasteiger partial charge in [-0.2, -0.15) is 13.2 Å². The van der Waals surface area contributed by atoms with E-state index in [0.29, 0.717) is 36.9 Å². The predicted molar refractivity (Wildman–Crippen MR) is 178 cm³/mol. The molecule has 1 aromatic carbocycles. The summed E-state index contributed by atoms with van der Waals surface area (Å²) in [7, 11) is 4.69. The second kappa shape index (κ2) is 13.0. The summed E-state index contributed by atoms with van der Waals surface area (Å²) in [5, 5.41) is 12.3. The number of ether oxygens (including phenoxy) is 2. The molecule has 1 aliphatic carbocycles. The first-order chi connectivity index (χ1) is 24.3. The van der Waals surface area contributed by atoms with Crippen LogP contribution in [0.1, 0.15) is 61.0 Å². The zero-order chi connectivity index (χ0) is 36.2. The summed E-state index contributed by atoms with van der Waals surface area (Å²) < 4.78 is 70.4. The number of aliphatic hydroxyl groups is 1. The van der Waals surface area contributed by atoms with Gasteiger partial charge in [0.2, 0.25) is 5.88 Å². The third-order valence-corrected chi connectivity index (χ3v) is 9.67. The Morgan fingerprint density at radius 2 is 1.76 bits per heavy atom. The Bertz CT molecular complexity index is 2190. The minimum atomic E-state index is -4.74. The number of nitrogens with zero attached hydrogens (tertiary/aromatic N) is 8. The second-order valence-electron chi connectivity index (χ2n) is 13.1. The molecule has 5 heterocycles. The molecule has 0 unspecified atom stereocenters. The Morgan fingerprint density at radius 3 is 2.41 bits per heavy atom. The molecule has 16 heteroatoms. The van der Waals surface area contributed by atoms with Crippen molar-refractivity contribution in [2.75, 3.05) is 34.4 Å². The minimum absolute atomic E-state index is 0.0722. The van der Waals surface area contributed by atoms with Gasteiger partial charge in [-0.15, -0.1) is 0 Å². The fraction of sp³-hybridized carbons (Fsp3) is 0.429. The summed E-state index contributed by atoms with van der Waals surface area (Å²) in [6.45, 7) is 2.62. The Labute approximate surface area is 289 Å². The fourth-order valence-electron chi connectivity index (χ4n) is 6.71. The van der Waals surface area contributed by atoms with Crippen molar-refractivity contribution in [1.82, 2.24) is 39.0 Å². The van der Waals surface area contributed by atoms with E-state index in [9.17, 15) is 23.1 Å². The van der Waals surface area contributed by atoms with Gasteiger partial charge >= 0.3 is 6.18 Å². The lowest BCUT2D eigenvalue weighted by Crippen LogP contribution is -2.44. The first-order valence-corrected chi connectivity index (χ1v) is 16.6. The van der Waals surface area contributed by atoms with E-state index in [1.807, 2.05) is 7.05 Å². The maximum Gasteiger partial charge on any atom is 0.434 e. The van der Waals surface area contributed by atoms with E-state index in [4.69, 9.17) is 14.5 Å². The minimum Gasteiger partial charge on any atom is -0.496 e. The molecule has 0 bridgehead atoms. The van der Waals surface area contributed by atoms with Gasteiger partial charge in [0.1, 0.15) is 34.9 Å². The average molecular weight is 709 g/mol. The monoisotopic (exact) mass is 708 g/mol. The number of aromatic nitrogens is 7. The summed E-state index contributed by atoms with van der Waals surface area (Å²) in [4.78, 5) is 38.5. The van der Waals surface area contributed by atoms with Crippen LogP contribution in [0.2, 0.25) is 0 Å². The molecular formula is C35H36F4N8O4. The second-order valence-corrected chi connectivity index (χ2v) is 13.1. The third kappa shape index (κ3) is 6.30. The van der Waals surface area contributed by atoms with Crippen molar-refractivity contribution in [1.29, 1.82) is 0 Å². The average Bonchev–Trinajstić information content (AvgIpc) is 3.87. The molecule has 51 heavy (non-hydrogen) atoms. The van der Waals surface area contributed by atoms with Gasteiger partial charge in [0.25, 0.3) is 5.56 Å². The highest BCUT2D eigenvalue weighted by Gasteiger charge is 2.38. The number of benzene rings is 1. The molecule has 2 aliphatic rings. The maximum absolute atomic E-state index is 16.1. The molecule has 1 saturated carbocycles. The van der Waals surface area contributed by atoms with Crippen molar-refractivity contribution < 1.29 is 32.1 Å². The number of hydrogen-bond acceptors (Lipinski definition) is 10. The van der Waals surface area contributed by atoms with Gasteiger partial charge in [-0.3, -0.25) is 9.36 Å². The number of hydrogen-bond donors (Lipinski definition) is 1. The number of halogens is 4. The third-order valence-electron chi connectivity index (χ3n) is 9.67. The Morgan fingerprint density at radius 1 is 1.02 bits per heavy atom. The summed E-state index contributed by atoms with van der Waals surface area (Å²) in [6.07, 6.45) is 1.56. The number of alkyl halides is 3. The van der Waals surface area contributed by atoms with Gasteiger partial charge in [-0.05, 0) is 63.4 Å². The van der Waals surface area contributed by atoms with E-state index in [2.05, 4.69) is 24.8 Å². The van der Waals surface area contributed by atoms with Crippen molar-refractivity contribution in [2.24, 2.45) is 0 Å². The number of piperidine rings is 1. The van der Waals surface area contributed by atoms with Crippen LogP contribution in [-0.4, -0.2) is 78.4 Å². The van der Waals surface area contributed by atoms with Gasteiger partial charge in [0, 0.05) is 48.9 Å². The lowest BCUT2D eigenvalue weighted by atomic mass is 9.85. The molecule has 4 aromatic heterocycles. The zero-order valence-electron chi connectivity index (χ0n) is 28.5. The van der Waals surface area contributed by atoms with Gasteiger partial charge in [-0.1, -0.05) is 0 Å². The number of imidazole rings is 1. The molecule has 0 atom stereocenters. The van der Waals surface area contributed by atoms with Gasteiger partial charge in [0.15, 0.2) is 11.5 Å². The zero-order valence-corrected chi connectivity index (χ0v) is 28.5. The number of likely N-dealkylation sites (tertiary alicyclic amines) is 1. The maximum atomic E-state index is 16.1. The highest BCUT2D eigenvalue weighted by molar-refractivity contribution is 5.79. The van der Waals surface area contributed by atoms with E-state index < -0.39 is 28.8 Å². The summed E-state index contributed by atoms with van der Waals surface area (Å²) in [5.74, 6) is -0.522. The van der Waals surface area contributed by atoms with Gasteiger partial charge in [-0.25, -0.2) is 29.3 Å². The van der Waals surface area contributed by atoms with Crippen molar-refractivity contribution in [3.63, 3.8) is 0 Å². The van der Waals surface area contributed by atoms with Crippen LogP contribution < -0.4 is 15.0 Å². The number of fused-ring (bicyclic) bond motifs is 1. The molecule has 5 aromatic rings. The molecular weight excluding hydrogens is 672 g/mol. The summed E-state index contributed by atoms with van der Waals surface area (Å²) in [5.41, 5.74) is -1.52. The topological polar surface area (TPSA) is 133 Å². The van der Waals surface area contributed by atoms with E-state index in [0.717, 1.165) is 30.8 Å². The van der Waals surface area contributed by atoms with Crippen LogP contribution in [-0.2, 0) is 24.9 Å². The van der Waals surface area contributed by atoms with Crippen molar-refractivity contribution in [3.8, 4) is 34.4 Å². The van der Waals surface area contributed by atoms with Crippen LogP contribution in [0.25, 0.3) is 33.8 Å². The van der Waals surface area contributed by atoms with Crippen molar-refractivity contribution >= 4 is 11.0 Å². The SMILES string of the molecule is CCn1cc(C(F)(F)F)nc1-c1c(F)cc(Cn2c(=O)c(C3(O)CCN(C)CC3)cc3cnc(-c4c(OC)ncnc4C4CC4)nc32)cc1OC.